The first-order valence-electron chi connectivity index (χ1n) is 11.9. The van der Waals surface area contributed by atoms with Gasteiger partial charge in [0, 0.05) is 50.2 Å². The van der Waals surface area contributed by atoms with Gasteiger partial charge in [0.15, 0.2) is 0 Å². The number of nitrogens with zero attached hydrogens (tertiary/aromatic N) is 3. The molecule has 0 aromatic heterocycles. The third-order valence-electron chi connectivity index (χ3n) is 7.54. The van der Waals surface area contributed by atoms with Crippen LogP contribution < -0.4 is 0 Å². The number of piperidine rings is 1. The van der Waals surface area contributed by atoms with Crippen molar-refractivity contribution in [1.82, 2.24) is 14.7 Å². The summed E-state index contributed by atoms with van der Waals surface area (Å²) in [7, 11) is 0. The molecule has 4 heteroatoms. The average molecular weight is 392 g/mol. The normalized spacial score (nSPS) is 32.8. The topological polar surface area (TPSA) is 19.0 Å². The molecule has 0 amide bonds. The number of hydrogen-bond acceptors (Lipinski definition) is 4. The minimum absolute atomic E-state index is 0.0230. The molecule has 4 fully saturated rings. The number of ether oxygens (including phenoxy) is 1. The molecule has 3 aliphatic heterocycles. The van der Waals surface area contributed by atoms with Crippen LogP contribution in [-0.4, -0.2) is 84.3 Å². The monoisotopic (exact) mass is 391 g/mol. The van der Waals surface area contributed by atoms with Gasteiger partial charge in [0.2, 0.25) is 0 Å². The van der Waals surface area contributed by atoms with Crippen LogP contribution in [0.1, 0.15) is 67.2 Å². The van der Waals surface area contributed by atoms with E-state index in [1.54, 1.807) is 0 Å². The van der Waals surface area contributed by atoms with Crippen LogP contribution in [0.25, 0.3) is 0 Å². The molecule has 0 N–H and O–H groups in total. The lowest BCUT2D eigenvalue weighted by atomic mass is 9.71. The van der Waals surface area contributed by atoms with Gasteiger partial charge in [-0.3, -0.25) is 4.90 Å². The second kappa shape index (κ2) is 7.51. The SMILES string of the molecule is CC(C)(C)OC1CC(CN2CC3(CN(CC4CCN(C(C)(C)C)CC4)C3)C2)C1. The highest BCUT2D eigenvalue weighted by molar-refractivity contribution is 5.06. The summed E-state index contributed by atoms with van der Waals surface area (Å²) in [5.74, 6) is 1.82. The molecule has 3 heterocycles. The van der Waals surface area contributed by atoms with Crippen LogP contribution in [0.3, 0.4) is 0 Å². The lowest BCUT2D eigenvalue weighted by molar-refractivity contribution is -0.146. The molecule has 1 aliphatic carbocycles. The van der Waals surface area contributed by atoms with E-state index in [0.29, 0.717) is 17.1 Å². The molecule has 1 spiro atoms. The van der Waals surface area contributed by atoms with Crippen LogP contribution in [0.2, 0.25) is 0 Å². The van der Waals surface area contributed by atoms with E-state index in [2.05, 4.69) is 56.2 Å². The zero-order chi connectivity index (χ0) is 20.2. The van der Waals surface area contributed by atoms with Crippen molar-refractivity contribution in [1.29, 1.82) is 0 Å². The van der Waals surface area contributed by atoms with Crippen molar-refractivity contribution < 1.29 is 4.74 Å². The van der Waals surface area contributed by atoms with Crippen molar-refractivity contribution in [3.63, 3.8) is 0 Å². The van der Waals surface area contributed by atoms with Gasteiger partial charge in [-0.1, -0.05) is 0 Å². The van der Waals surface area contributed by atoms with Crippen molar-refractivity contribution >= 4 is 0 Å². The van der Waals surface area contributed by atoms with Crippen molar-refractivity contribution in [2.75, 3.05) is 52.4 Å². The molecular weight excluding hydrogens is 346 g/mol. The van der Waals surface area contributed by atoms with Gasteiger partial charge < -0.3 is 14.5 Å². The van der Waals surface area contributed by atoms with Crippen molar-refractivity contribution in [2.45, 2.75) is 84.5 Å². The lowest BCUT2D eigenvalue weighted by Gasteiger charge is -2.62. The van der Waals surface area contributed by atoms with Crippen LogP contribution in [0, 0.1) is 17.3 Å². The molecule has 4 rings (SSSR count). The van der Waals surface area contributed by atoms with E-state index in [0.717, 1.165) is 11.8 Å². The van der Waals surface area contributed by atoms with E-state index < -0.39 is 0 Å². The standard InChI is InChI=1S/C24H45N3O/c1-22(2,3)27-9-7-19(8-10-27)13-25-15-24(16-25)17-26(18-24)14-20-11-21(12-20)28-23(4,5)6/h19-21H,7-18H2,1-6H3. The summed E-state index contributed by atoms with van der Waals surface area (Å²) >= 11 is 0. The summed E-state index contributed by atoms with van der Waals surface area (Å²) in [5.41, 5.74) is 1.03. The highest BCUT2D eigenvalue weighted by Gasteiger charge is 2.52. The van der Waals surface area contributed by atoms with Crippen LogP contribution in [0.5, 0.6) is 0 Å². The fraction of sp³-hybridized carbons (Fsp3) is 1.00. The lowest BCUT2D eigenvalue weighted by Crippen LogP contribution is -2.73. The molecular formula is C24H45N3O. The van der Waals surface area contributed by atoms with Gasteiger partial charge in [0.1, 0.15) is 0 Å². The Morgan fingerprint density at radius 2 is 1.29 bits per heavy atom. The molecule has 0 bridgehead atoms. The number of hydrogen-bond donors (Lipinski definition) is 0. The van der Waals surface area contributed by atoms with Crippen LogP contribution >= 0.6 is 0 Å². The largest absolute Gasteiger partial charge is 0.373 e. The zero-order valence-corrected chi connectivity index (χ0v) is 19.5. The second-order valence-corrected chi connectivity index (χ2v) is 12.6. The average Bonchev–Trinajstić information content (AvgIpc) is 2.46. The fourth-order valence-corrected chi connectivity index (χ4v) is 6.20. The smallest absolute Gasteiger partial charge is 0.0602 e. The first-order chi connectivity index (χ1) is 13.0. The van der Waals surface area contributed by atoms with E-state index in [1.807, 2.05) is 0 Å². The Bertz CT molecular complexity index is 521. The number of rotatable bonds is 5. The molecule has 0 atom stereocenters. The molecule has 0 unspecified atom stereocenters. The van der Waals surface area contributed by atoms with Gasteiger partial charge >= 0.3 is 0 Å². The predicted octanol–water partition coefficient (Wildman–Crippen LogP) is 3.71. The van der Waals surface area contributed by atoms with Crippen LogP contribution in [-0.2, 0) is 4.74 Å². The summed E-state index contributed by atoms with van der Waals surface area (Å²) < 4.78 is 6.09. The molecule has 3 saturated heterocycles. The van der Waals surface area contributed by atoms with Crippen molar-refractivity contribution in [2.24, 2.45) is 17.3 Å². The molecule has 4 aliphatic rings. The summed E-state index contributed by atoms with van der Waals surface area (Å²) in [4.78, 5) is 8.14. The second-order valence-electron chi connectivity index (χ2n) is 12.6. The zero-order valence-electron chi connectivity index (χ0n) is 19.5. The minimum Gasteiger partial charge on any atom is -0.373 e. The highest BCUT2D eigenvalue weighted by atomic mass is 16.5. The summed E-state index contributed by atoms with van der Waals surface area (Å²) in [6.07, 6.45) is 5.86. The molecule has 0 aromatic rings. The summed E-state index contributed by atoms with van der Waals surface area (Å²) in [5, 5.41) is 0. The molecule has 0 radical (unpaired) electrons. The Kier molecular flexibility index (Phi) is 5.66. The third kappa shape index (κ3) is 4.94. The molecule has 1 saturated carbocycles. The van der Waals surface area contributed by atoms with Gasteiger partial charge in [-0.05, 0) is 92.2 Å². The highest BCUT2D eigenvalue weighted by Crippen LogP contribution is 2.42. The Hall–Kier alpha value is -0.160. The van der Waals surface area contributed by atoms with Crippen LogP contribution in [0.15, 0.2) is 0 Å². The van der Waals surface area contributed by atoms with E-state index in [-0.39, 0.29) is 5.60 Å². The van der Waals surface area contributed by atoms with Gasteiger partial charge in [-0.25, -0.2) is 0 Å². The van der Waals surface area contributed by atoms with Crippen molar-refractivity contribution in [3.05, 3.63) is 0 Å². The van der Waals surface area contributed by atoms with Crippen LogP contribution in [0.4, 0.5) is 0 Å². The number of likely N-dealkylation sites (tertiary alicyclic amines) is 3. The van der Waals surface area contributed by atoms with Gasteiger partial charge in [0.25, 0.3) is 0 Å². The summed E-state index contributed by atoms with van der Waals surface area (Å²) in [6, 6.07) is 0. The molecule has 0 aromatic carbocycles. The fourth-order valence-electron chi connectivity index (χ4n) is 6.20. The van der Waals surface area contributed by atoms with Gasteiger partial charge in [0.05, 0.1) is 11.7 Å². The Labute approximate surface area is 174 Å². The Morgan fingerprint density at radius 1 is 0.786 bits per heavy atom. The quantitative estimate of drug-likeness (QED) is 0.711. The first-order valence-corrected chi connectivity index (χ1v) is 11.9. The molecule has 28 heavy (non-hydrogen) atoms. The van der Waals surface area contributed by atoms with Gasteiger partial charge in [-0.2, -0.15) is 0 Å². The maximum Gasteiger partial charge on any atom is 0.0602 e. The van der Waals surface area contributed by atoms with Gasteiger partial charge in [-0.15, -0.1) is 0 Å². The van der Waals surface area contributed by atoms with E-state index in [4.69, 9.17) is 4.74 Å². The molecule has 162 valence electrons. The van der Waals surface area contributed by atoms with Crippen molar-refractivity contribution in [3.8, 4) is 0 Å². The van der Waals surface area contributed by atoms with E-state index >= 15 is 0 Å². The summed E-state index contributed by atoms with van der Waals surface area (Å²) in [6.45, 7) is 24.3. The maximum atomic E-state index is 6.09. The molecule has 4 nitrogen and oxygen atoms in total. The Morgan fingerprint density at radius 3 is 1.75 bits per heavy atom. The minimum atomic E-state index is 0.0230. The first kappa shape index (κ1) is 21.1. The predicted molar refractivity (Wildman–Crippen MR) is 117 cm³/mol. The van der Waals surface area contributed by atoms with E-state index in [9.17, 15) is 0 Å². The maximum absolute atomic E-state index is 6.09. The third-order valence-corrected chi connectivity index (χ3v) is 7.54. The Balaban J connectivity index is 1.07. The van der Waals surface area contributed by atoms with E-state index in [1.165, 1.54) is 78.0 Å².